The van der Waals surface area contributed by atoms with Crippen LogP contribution in [0.5, 0.6) is 5.75 Å². The van der Waals surface area contributed by atoms with Crippen molar-refractivity contribution in [3.05, 3.63) is 36.4 Å². The molecule has 0 aliphatic carbocycles. The monoisotopic (exact) mass is 301 g/mol. The minimum absolute atomic E-state index is 0.446. The molecule has 0 bridgehead atoms. The van der Waals surface area contributed by atoms with Crippen molar-refractivity contribution < 1.29 is 4.74 Å². The molecule has 0 radical (unpaired) electrons. The molecule has 1 nitrogen and oxygen atoms in total. The van der Waals surface area contributed by atoms with Gasteiger partial charge in [0.25, 0.3) is 0 Å². The van der Waals surface area contributed by atoms with Gasteiger partial charge in [0.15, 0.2) is 4.90 Å². The van der Waals surface area contributed by atoms with Crippen molar-refractivity contribution in [3.8, 4) is 5.75 Å². The van der Waals surface area contributed by atoms with Gasteiger partial charge in [-0.05, 0) is 43.9 Å². The number of rotatable bonds is 5. The summed E-state index contributed by atoms with van der Waals surface area (Å²) in [4.78, 5) is 1.56. The highest BCUT2D eigenvalue weighted by atomic mass is 32.2. The molecule has 1 saturated heterocycles. The zero-order valence-corrected chi connectivity index (χ0v) is 13.8. The standard InChI is InChI=1S/C19H25OS/c1-2-3-13-20-18-11-12-19(21-14-7-4-8-15-21)17-10-6-5-9-16(17)18/h5-6,9-12H,2-4,7-8,13-15H2,1H3/q+1. The summed E-state index contributed by atoms with van der Waals surface area (Å²) in [5.74, 6) is 3.81. The third-order valence-electron chi connectivity index (χ3n) is 4.19. The first-order valence-electron chi connectivity index (χ1n) is 8.22. The highest BCUT2D eigenvalue weighted by Crippen LogP contribution is 2.34. The summed E-state index contributed by atoms with van der Waals surface area (Å²) in [6, 6.07) is 13.3. The van der Waals surface area contributed by atoms with Crippen LogP contribution in [0.4, 0.5) is 0 Å². The number of fused-ring (bicyclic) bond motifs is 1. The molecule has 2 aromatic rings. The van der Waals surface area contributed by atoms with Gasteiger partial charge in [-0.25, -0.2) is 0 Å². The Hall–Kier alpha value is -1.15. The first-order chi connectivity index (χ1) is 10.4. The molecule has 0 spiro atoms. The van der Waals surface area contributed by atoms with E-state index in [0.717, 1.165) is 18.8 Å². The van der Waals surface area contributed by atoms with Crippen molar-refractivity contribution in [3.63, 3.8) is 0 Å². The Morgan fingerprint density at radius 2 is 1.71 bits per heavy atom. The highest BCUT2D eigenvalue weighted by molar-refractivity contribution is 7.97. The van der Waals surface area contributed by atoms with Crippen LogP contribution in [0, 0.1) is 0 Å². The van der Waals surface area contributed by atoms with Crippen LogP contribution in [-0.2, 0) is 10.9 Å². The fourth-order valence-electron chi connectivity index (χ4n) is 3.00. The molecule has 0 saturated carbocycles. The van der Waals surface area contributed by atoms with Gasteiger partial charge in [0.1, 0.15) is 17.3 Å². The quantitative estimate of drug-likeness (QED) is 0.546. The van der Waals surface area contributed by atoms with E-state index in [1.807, 2.05) is 0 Å². The smallest absolute Gasteiger partial charge is 0.162 e. The second kappa shape index (κ2) is 7.22. The maximum Gasteiger partial charge on any atom is 0.162 e. The number of benzene rings is 2. The van der Waals surface area contributed by atoms with E-state index in [1.165, 1.54) is 48.0 Å². The van der Waals surface area contributed by atoms with Gasteiger partial charge < -0.3 is 4.74 Å². The average Bonchev–Trinajstić information content (AvgIpc) is 2.56. The molecule has 112 valence electrons. The van der Waals surface area contributed by atoms with Gasteiger partial charge >= 0.3 is 0 Å². The topological polar surface area (TPSA) is 9.23 Å². The van der Waals surface area contributed by atoms with Crippen LogP contribution in [0.1, 0.15) is 39.0 Å². The SMILES string of the molecule is CCCCOc1ccc([S+]2CCCCC2)c2ccccc12. The minimum Gasteiger partial charge on any atom is -0.493 e. The third-order valence-corrected chi connectivity index (χ3v) is 6.73. The molecule has 1 heterocycles. The molecule has 1 fully saturated rings. The maximum atomic E-state index is 6.01. The Kier molecular flexibility index (Phi) is 5.08. The Morgan fingerprint density at radius 1 is 0.952 bits per heavy atom. The van der Waals surface area contributed by atoms with Crippen molar-refractivity contribution in [1.82, 2.24) is 0 Å². The van der Waals surface area contributed by atoms with Crippen molar-refractivity contribution in [2.45, 2.75) is 43.9 Å². The molecule has 1 aliphatic heterocycles. The predicted molar refractivity (Wildman–Crippen MR) is 93.6 cm³/mol. The maximum absolute atomic E-state index is 6.01. The lowest BCUT2D eigenvalue weighted by Gasteiger charge is -2.16. The van der Waals surface area contributed by atoms with Crippen LogP contribution in [0.15, 0.2) is 41.3 Å². The minimum atomic E-state index is 0.446. The fraction of sp³-hybridized carbons (Fsp3) is 0.474. The Labute approximate surface area is 131 Å². The normalized spacial score (nSPS) is 16.2. The van der Waals surface area contributed by atoms with E-state index in [9.17, 15) is 0 Å². The highest BCUT2D eigenvalue weighted by Gasteiger charge is 2.27. The molecule has 0 unspecified atom stereocenters. The molecular formula is C19H25OS+. The van der Waals surface area contributed by atoms with Crippen molar-refractivity contribution in [2.24, 2.45) is 0 Å². The lowest BCUT2D eigenvalue weighted by atomic mass is 10.1. The van der Waals surface area contributed by atoms with Crippen LogP contribution in [0.2, 0.25) is 0 Å². The summed E-state index contributed by atoms with van der Waals surface area (Å²) in [5.41, 5.74) is 0. The van der Waals surface area contributed by atoms with Crippen molar-refractivity contribution in [1.29, 1.82) is 0 Å². The van der Waals surface area contributed by atoms with E-state index < -0.39 is 0 Å². The number of unbranched alkanes of at least 4 members (excludes halogenated alkanes) is 1. The van der Waals surface area contributed by atoms with E-state index in [4.69, 9.17) is 4.74 Å². The Bertz CT molecular complexity index is 587. The Balaban J connectivity index is 1.93. The first kappa shape index (κ1) is 14.8. The van der Waals surface area contributed by atoms with Crippen molar-refractivity contribution in [2.75, 3.05) is 18.1 Å². The number of ether oxygens (including phenoxy) is 1. The second-order valence-electron chi connectivity index (χ2n) is 5.77. The Morgan fingerprint density at radius 3 is 2.48 bits per heavy atom. The number of hydrogen-bond acceptors (Lipinski definition) is 1. The summed E-state index contributed by atoms with van der Waals surface area (Å²) in [6.45, 7) is 3.03. The summed E-state index contributed by atoms with van der Waals surface area (Å²) in [6.07, 6.45) is 6.51. The molecule has 0 amide bonds. The first-order valence-corrected chi connectivity index (χ1v) is 9.78. The molecule has 2 aromatic carbocycles. The molecule has 3 rings (SSSR count). The lowest BCUT2D eigenvalue weighted by molar-refractivity contribution is 0.313. The summed E-state index contributed by atoms with van der Waals surface area (Å²) in [7, 11) is 0.446. The van der Waals surface area contributed by atoms with Gasteiger partial charge in [0, 0.05) is 21.7 Å². The van der Waals surface area contributed by atoms with Crippen LogP contribution < -0.4 is 4.74 Å². The van der Waals surface area contributed by atoms with Gasteiger partial charge in [-0.2, -0.15) is 0 Å². The van der Waals surface area contributed by atoms with Crippen LogP contribution in [0.3, 0.4) is 0 Å². The summed E-state index contributed by atoms with van der Waals surface area (Å²) < 4.78 is 6.01. The van der Waals surface area contributed by atoms with E-state index in [0.29, 0.717) is 10.9 Å². The van der Waals surface area contributed by atoms with E-state index in [2.05, 4.69) is 43.3 Å². The average molecular weight is 301 g/mol. The number of hydrogen-bond donors (Lipinski definition) is 0. The van der Waals surface area contributed by atoms with Crippen LogP contribution in [0.25, 0.3) is 10.8 Å². The third kappa shape index (κ3) is 3.37. The molecule has 0 atom stereocenters. The van der Waals surface area contributed by atoms with Crippen molar-refractivity contribution >= 4 is 21.7 Å². The van der Waals surface area contributed by atoms with E-state index in [1.54, 1.807) is 4.90 Å². The van der Waals surface area contributed by atoms with Gasteiger partial charge in [-0.3, -0.25) is 0 Å². The van der Waals surface area contributed by atoms with Crippen LogP contribution in [-0.4, -0.2) is 18.1 Å². The van der Waals surface area contributed by atoms with Gasteiger partial charge in [0.2, 0.25) is 0 Å². The molecular weight excluding hydrogens is 276 g/mol. The molecule has 2 heteroatoms. The molecule has 21 heavy (non-hydrogen) atoms. The van der Waals surface area contributed by atoms with E-state index in [-0.39, 0.29) is 0 Å². The van der Waals surface area contributed by atoms with E-state index >= 15 is 0 Å². The van der Waals surface area contributed by atoms with Gasteiger partial charge in [-0.1, -0.05) is 31.5 Å². The zero-order chi connectivity index (χ0) is 14.5. The largest absolute Gasteiger partial charge is 0.493 e. The molecule has 0 aromatic heterocycles. The second-order valence-corrected chi connectivity index (χ2v) is 8.01. The predicted octanol–water partition coefficient (Wildman–Crippen LogP) is 5.18. The van der Waals surface area contributed by atoms with Crippen LogP contribution >= 0.6 is 0 Å². The van der Waals surface area contributed by atoms with Gasteiger partial charge in [-0.15, -0.1) is 0 Å². The molecule has 0 N–H and O–H groups in total. The summed E-state index contributed by atoms with van der Waals surface area (Å²) >= 11 is 0. The summed E-state index contributed by atoms with van der Waals surface area (Å²) in [5, 5.41) is 2.71. The zero-order valence-electron chi connectivity index (χ0n) is 12.9. The fourth-order valence-corrected chi connectivity index (χ4v) is 5.50. The molecule has 1 aliphatic rings. The lowest BCUT2D eigenvalue weighted by Crippen LogP contribution is -2.18. The van der Waals surface area contributed by atoms with Gasteiger partial charge in [0.05, 0.1) is 6.61 Å².